The summed E-state index contributed by atoms with van der Waals surface area (Å²) in [5, 5.41) is 12.4. The number of ether oxygens (including phenoxy) is 2. The average molecular weight is 396 g/mol. The van der Waals surface area contributed by atoms with E-state index in [9.17, 15) is 4.79 Å². The normalized spacial score (nSPS) is 12.9. The first-order chi connectivity index (χ1) is 13.5. The van der Waals surface area contributed by atoms with E-state index in [1.807, 2.05) is 25.1 Å². The molecule has 0 saturated carbocycles. The molecule has 2 atom stereocenters. The van der Waals surface area contributed by atoms with Crippen molar-refractivity contribution in [1.82, 2.24) is 9.97 Å². The number of hydrogen-bond acceptors (Lipinski definition) is 7. The van der Waals surface area contributed by atoms with Crippen LogP contribution in [0.1, 0.15) is 13.8 Å². The standard InChI is InChI=1S/C20H20N4O3S/c1-12(8-21)20(25)23-14-4-5-16-15(6-14)18(27-13(2)10-26-3)7-17(24-16)19-9-22-11-28-19/h4-7,9,11-13H,10H2,1-3H3,(H,23,25)/t12?,13-/m0/s1. The van der Waals surface area contributed by atoms with Crippen molar-refractivity contribution >= 4 is 33.8 Å². The van der Waals surface area contributed by atoms with E-state index < -0.39 is 5.92 Å². The number of fused-ring (bicyclic) bond motifs is 1. The van der Waals surface area contributed by atoms with E-state index >= 15 is 0 Å². The third kappa shape index (κ3) is 4.44. The molecule has 0 aliphatic carbocycles. The summed E-state index contributed by atoms with van der Waals surface area (Å²) in [7, 11) is 1.62. The monoisotopic (exact) mass is 396 g/mol. The number of carbonyl (C=O) groups is 1. The highest BCUT2D eigenvalue weighted by Crippen LogP contribution is 2.33. The van der Waals surface area contributed by atoms with Gasteiger partial charge in [-0.3, -0.25) is 9.78 Å². The second-order valence-corrected chi connectivity index (χ2v) is 7.21. The molecule has 3 rings (SSSR count). The predicted octanol–water partition coefficient (Wildman–Crippen LogP) is 3.87. The van der Waals surface area contributed by atoms with Crippen LogP contribution in [0.25, 0.3) is 21.5 Å². The molecule has 0 radical (unpaired) electrons. The lowest BCUT2D eigenvalue weighted by molar-refractivity contribution is -0.117. The van der Waals surface area contributed by atoms with Crippen LogP contribution in [0.15, 0.2) is 36.0 Å². The lowest BCUT2D eigenvalue weighted by Crippen LogP contribution is -2.19. The molecule has 1 amide bonds. The topological polar surface area (TPSA) is 97.1 Å². The Labute approximate surface area is 167 Å². The zero-order valence-corrected chi connectivity index (χ0v) is 16.6. The molecule has 2 heterocycles. The molecular weight excluding hydrogens is 376 g/mol. The average Bonchev–Trinajstić information content (AvgIpc) is 3.22. The van der Waals surface area contributed by atoms with Crippen molar-refractivity contribution in [2.75, 3.05) is 19.0 Å². The number of nitriles is 1. The first-order valence-corrected chi connectivity index (χ1v) is 9.59. The highest BCUT2D eigenvalue weighted by Gasteiger charge is 2.15. The number of carbonyl (C=O) groups excluding carboxylic acids is 1. The largest absolute Gasteiger partial charge is 0.488 e. The van der Waals surface area contributed by atoms with Gasteiger partial charge in [0.05, 0.1) is 34.3 Å². The Hall–Kier alpha value is -3.02. The molecule has 1 aromatic carbocycles. The summed E-state index contributed by atoms with van der Waals surface area (Å²) in [4.78, 5) is 21.8. The zero-order valence-electron chi connectivity index (χ0n) is 15.8. The number of amides is 1. The van der Waals surface area contributed by atoms with Crippen LogP contribution >= 0.6 is 11.3 Å². The van der Waals surface area contributed by atoms with Crippen LogP contribution < -0.4 is 10.1 Å². The summed E-state index contributed by atoms with van der Waals surface area (Å²) < 4.78 is 11.3. The predicted molar refractivity (Wildman–Crippen MR) is 108 cm³/mol. The van der Waals surface area contributed by atoms with Gasteiger partial charge in [-0.2, -0.15) is 5.26 Å². The fourth-order valence-corrected chi connectivity index (χ4v) is 3.22. The summed E-state index contributed by atoms with van der Waals surface area (Å²) in [6.45, 7) is 3.92. The van der Waals surface area contributed by atoms with Crippen LogP contribution in [-0.2, 0) is 9.53 Å². The van der Waals surface area contributed by atoms with Crippen molar-refractivity contribution < 1.29 is 14.3 Å². The van der Waals surface area contributed by atoms with E-state index in [1.54, 1.807) is 37.9 Å². The van der Waals surface area contributed by atoms with Crippen molar-refractivity contribution in [3.05, 3.63) is 36.0 Å². The van der Waals surface area contributed by atoms with Crippen LogP contribution in [-0.4, -0.2) is 35.7 Å². The van der Waals surface area contributed by atoms with Gasteiger partial charge in [0.1, 0.15) is 17.8 Å². The van der Waals surface area contributed by atoms with E-state index in [4.69, 9.17) is 19.7 Å². The first-order valence-electron chi connectivity index (χ1n) is 8.71. The molecule has 0 aliphatic heterocycles. The zero-order chi connectivity index (χ0) is 20.1. The molecule has 0 spiro atoms. The van der Waals surface area contributed by atoms with Gasteiger partial charge < -0.3 is 14.8 Å². The Bertz CT molecular complexity index is 1010. The molecule has 0 bridgehead atoms. The molecule has 0 saturated heterocycles. The highest BCUT2D eigenvalue weighted by atomic mass is 32.1. The lowest BCUT2D eigenvalue weighted by atomic mass is 10.1. The summed E-state index contributed by atoms with van der Waals surface area (Å²) in [6.07, 6.45) is 1.60. The van der Waals surface area contributed by atoms with E-state index in [0.29, 0.717) is 18.0 Å². The maximum Gasteiger partial charge on any atom is 0.241 e. The Morgan fingerprint density at radius 2 is 2.18 bits per heavy atom. The van der Waals surface area contributed by atoms with Gasteiger partial charge in [-0.05, 0) is 32.0 Å². The minimum absolute atomic E-state index is 0.165. The maximum absolute atomic E-state index is 12.0. The van der Waals surface area contributed by atoms with Gasteiger partial charge in [-0.1, -0.05) is 0 Å². The minimum Gasteiger partial charge on any atom is -0.488 e. The molecule has 0 fully saturated rings. The first kappa shape index (κ1) is 19.7. The molecule has 8 heteroatoms. The number of nitrogens with zero attached hydrogens (tertiary/aromatic N) is 3. The SMILES string of the molecule is COC[C@H](C)Oc1cc(-c2cncs2)nc2ccc(NC(=O)C(C)C#N)cc12. The van der Waals surface area contributed by atoms with Gasteiger partial charge in [-0.15, -0.1) is 11.3 Å². The van der Waals surface area contributed by atoms with Crippen LogP contribution in [0.5, 0.6) is 5.75 Å². The molecule has 2 aromatic heterocycles. The van der Waals surface area contributed by atoms with Crippen molar-refractivity contribution in [3.63, 3.8) is 0 Å². The van der Waals surface area contributed by atoms with E-state index in [0.717, 1.165) is 21.5 Å². The molecule has 28 heavy (non-hydrogen) atoms. The number of thiazole rings is 1. The number of benzene rings is 1. The minimum atomic E-state index is -0.736. The maximum atomic E-state index is 12.0. The van der Waals surface area contributed by atoms with E-state index in [-0.39, 0.29) is 12.0 Å². The van der Waals surface area contributed by atoms with Gasteiger partial charge in [0.25, 0.3) is 0 Å². The fourth-order valence-electron chi connectivity index (χ4n) is 2.63. The smallest absolute Gasteiger partial charge is 0.241 e. The van der Waals surface area contributed by atoms with Crippen molar-refractivity contribution in [1.29, 1.82) is 5.26 Å². The van der Waals surface area contributed by atoms with Crippen LogP contribution in [0.2, 0.25) is 0 Å². The quantitative estimate of drug-likeness (QED) is 0.651. The van der Waals surface area contributed by atoms with Gasteiger partial charge in [-0.25, -0.2) is 4.98 Å². The summed E-state index contributed by atoms with van der Waals surface area (Å²) in [6, 6.07) is 9.18. The third-order valence-electron chi connectivity index (χ3n) is 4.04. The van der Waals surface area contributed by atoms with Crippen LogP contribution in [0.4, 0.5) is 5.69 Å². The van der Waals surface area contributed by atoms with E-state index in [1.165, 1.54) is 11.3 Å². The number of rotatable bonds is 7. The lowest BCUT2D eigenvalue weighted by Gasteiger charge is -2.17. The third-order valence-corrected chi connectivity index (χ3v) is 4.84. The Balaban J connectivity index is 2.03. The highest BCUT2D eigenvalue weighted by molar-refractivity contribution is 7.13. The molecule has 3 aromatic rings. The summed E-state index contributed by atoms with van der Waals surface area (Å²) >= 11 is 1.50. The van der Waals surface area contributed by atoms with Crippen molar-refractivity contribution in [3.8, 4) is 22.4 Å². The Kier molecular flexibility index (Phi) is 6.19. The number of aromatic nitrogens is 2. The van der Waals surface area contributed by atoms with Gasteiger partial charge in [0.2, 0.25) is 5.91 Å². The van der Waals surface area contributed by atoms with Gasteiger partial charge >= 0.3 is 0 Å². The molecule has 0 aliphatic rings. The number of anilines is 1. The van der Waals surface area contributed by atoms with Gasteiger partial charge in [0, 0.05) is 30.4 Å². The number of methoxy groups -OCH3 is 1. The number of hydrogen-bond donors (Lipinski definition) is 1. The molecule has 1 unspecified atom stereocenters. The van der Waals surface area contributed by atoms with Crippen LogP contribution in [0.3, 0.4) is 0 Å². The Morgan fingerprint density at radius 3 is 2.86 bits per heavy atom. The summed E-state index contributed by atoms with van der Waals surface area (Å²) in [5.41, 5.74) is 3.84. The number of nitrogens with one attached hydrogen (secondary N) is 1. The van der Waals surface area contributed by atoms with Gasteiger partial charge in [0.15, 0.2) is 0 Å². The molecule has 1 N–H and O–H groups in total. The molecule has 7 nitrogen and oxygen atoms in total. The second-order valence-electron chi connectivity index (χ2n) is 6.33. The molecule has 144 valence electrons. The Morgan fingerprint density at radius 1 is 1.36 bits per heavy atom. The second kappa shape index (κ2) is 8.78. The molecular formula is C20H20N4O3S. The van der Waals surface area contributed by atoms with Crippen molar-refractivity contribution in [2.24, 2.45) is 5.92 Å². The number of pyridine rings is 1. The van der Waals surface area contributed by atoms with Crippen LogP contribution in [0, 0.1) is 17.2 Å². The fraction of sp³-hybridized carbons (Fsp3) is 0.300. The van der Waals surface area contributed by atoms with Crippen molar-refractivity contribution in [2.45, 2.75) is 20.0 Å². The summed E-state index contributed by atoms with van der Waals surface area (Å²) in [5.74, 6) is -0.450. The van der Waals surface area contributed by atoms with E-state index in [2.05, 4.69) is 10.3 Å².